The normalized spacial score (nSPS) is 15.6. The van der Waals surface area contributed by atoms with Crippen LogP contribution < -0.4 is 5.32 Å². The van der Waals surface area contributed by atoms with Gasteiger partial charge in [-0.25, -0.2) is 0 Å². The fourth-order valence-corrected chi connectivity index (χ4v) is 3.85. The molecule has 2 heterocycles. The van der Waals surface area contributed by atoms with E-state index in [2.05, 4.69) is 15.5 Å². The quantitative estimate of drug-likeness (QED) is 0.544. The zero-order chi connectivity index (χ0) is 19.2. The van der Waals surface area contributed by atoms with Crippen molar-refractivity contribution in [2.45, 2.75) is 63.4 Å². The molecule has 146 valence electrons. The molecular formula is C18H24N4O4S. The van der Waals surface area contributed by atoms with Crippen LogP contribution in [0.15, 0.2) is 28.0 Å². The van der Waals surface area contributed by atoms with E-state index >= 15 is 0 Å². The van der Waals surface area contributed by atoms with Crippen LogP contribution in [-0.4, -0.2) is 44.5 Å². The van der Waals surface area contributed by atoms with Crippen molar-refractivity contribution in [2.75, 3.05) is 5.75 Å². The minimum atomic E-state index is -0.804. The molecule has 0 aromatic carbocycles. The smallest absolute Gasteiger partial charge is 0.317 e. The van der Waals surface area contributed by atoms with Gasteiger partial charge in [-0.05, 0) is 38.8 Å². The standard InChI is InChI=1S/C18H24N4O4S/c1-3-22-16(14-9-6-10-25-14)20-21-18(22)27-11-15(23)26-12(2)17(24)19-13-7-4-5-8-13/h6,9-10,12-13H,3-5,7-8,11H2,1-2H3,(H,19,24)/t12-/m0/s1. The van der Waals surface area contributed by atoms with Crippen molar-refractivity contribution in [3.8, 4) is 11.6 Å². The number of aromatic nitrogens is 3. The van der Waals surface area contributed by atoms with E-state index in [4.69, 9.17) is 9.15 Å². The monoisotopic (exact) mass is 392 g/mol. The van der Waals surface area contributed by atoms with Crippen molar-refractivity contribution in [3.63, 3.8) is 0 Å². The third-order valence-electron chi connectivity index (χ3n) is 4.47. The molecule has 27 heavy (non-hydrogen) atoms. The molecule has 1 aliphatic rings. The Balaban J connectivity index is 1.51. The highest BCUT2D eigenvalue weighted by Crippen LogP contribution is 2.24. The summed E-state index contributed by atoms with van der Waals surface area (Å²) in [6.45, 7) is 4.20. The van der Waals surface area contributed by atoms with E-state index in [-0.39, 0.29) is 17.7 Å². The van der Waals surface area contributed by atoms with Gasteiger partial charge in [-0.3, -0.25) is 14.2 Å². The van der Waals surface area contributed by atoms with Crippen LogP contribution in [-0.2, 0) is 20.9 Å². The van der Waals surface area contributed by atoms with Crippen LogP contribution in [0.1, 0.15) is 39.5 Å². The maximum Gasteiger partial charge on any atom is 0.317 e. The number of nitrogens with one attached hydrogen (secondary N) is 1. The number of hydrogen-bond acceptors (Lipinski definition) is 7. The summed E-state index contributed by atoms with van der Waals surface area (Å²) in [4.78, 5) is 24.2. The van der Waals surface area contributed by atoms with E-state index in [1.165, 1.54) is 11.8 Å². The number of carbonyl (C=O) groups is 2. The summed E-state index contributed by atoms with van der Waals surface area (Å²) < 4.78 is 12.5. The minimum Gasteiger partial charge on any atom is -0.461 e. The molecule has 0 spiro atoms. The number of furan rings is 1. The number of esters is 1. The molecule has 1 fully saturated rings. The van der Waals surface area contributed by atoms with Gasteiger partial charge in [0.15, 0.2) is 22.8 Å². The van der Waals surface area contributed by atoms with Gasteiger partial charge in [0.2, 0.25) is 0 Å². The van der Waals surface area contributed by atoms with Crippen LogP contribution in [0, 0.1) is 0 Å². The topological polar surface area (TPSA) is 99.2 Å². The van der Waals surface area contributed by atoms with Crippen molar-refractivity contribution >= 4 is 23.6 Å². The molecule has 8 nitrogen and oxygen atoms in total. The summed E-state index contributed by atoms with van der Waals surface area (Å²) in [5.41, 5.74) is 0. The molecule has 2 aromatic rings. The third kappa shape index (κ3) is 4.91. The molecule has 1 aliphatic carbocycles. The molecule has 0 bridgehead atoms. The highest BCUT2D eigenvalue weighted by Gasteiger charge is 2.23. The molecule has 9 heteroatoms. The molecule has 2 aromatic heterocycles. The van der Waals surface area contributed by atoms with Crippen molar-refractivity contribution in [3.05, 3.63) is 18.4 Å². The SMILES string of the molecule is CCn1c(SCC(=O)O[C@@H](C)C(=O)NC2CCCC2)nnc1-c1ccco1. The number of hydrogen-bond donors (Lipinski definition) is 1. The Morgan fingerprint density at radius 1 is 1.41 bits per heavy atom. The maximum absolute atomic E-state index is 12.1. The van der Waals surface area contributed by atoms with Crippen LogP contribution in [0.25, 0.3) is 11.6 Å². The molecule has 0 saturated heterocycles. The van der Waals surface area contributed by atoms with Gasteiger partial charge in [-0.15, -0.1) is 10.2 Å². The summed E-state index contributed by atoms with van der Waals surface area (Å²) in [6.07, 6.45) is 5.02. The Morgan fingerprint density at radius 3 is 2.85 bits per heavy atom. The fraction of sp³-hybridized carbons (Fsp3) is 0.556. The number of rotatable bonds is 8. The molecule has 0 aliphatic heterocycles. The number of nitrogens with zero attached hydrogens (tertiary/aromatic N) is 3. The molecule has 1 N–H and O–H groups in total. The number of amides is 1. The minimum absolute atomic E-state index is 0.0529. The van der Waals surface area contributed by atoms with E-state index in [1.807, 2.05) is 17.6 Å². The average Bonchev–Trinajstić information content (AvgIpc) is 3.40. The number of thioether (sulfide) groups is 1. The Hall–Kier alpha value is -2.29. The zero-order valence-corrected chi connectivity index (χ0v) is 16.3. The Bertz CT molecular complexity index is 768. The Labute approximate surface area is 162 Å². The van der Waals surface area contributed by atoms with E-state index < -0.39 is 12.1 Å². The van der Waals surface area contributed by atoms with Gasteiger partial charge in [0, 0.05) is 12.6 Å². The van der Waals surface area contributed by atoms with E-state index in [9.17, 15) is 9.59 Å². The van der Waals surface area contributed by atoms with Crippen molar-refractivity contribution in [1.29, 1.82) is 0 Å². The van der Waals surface area contributed by atoms with Crippen LogP contribution in [0.2, 0.25) is 0 Å². The molecule has 0 unspecified atom stereocenters. The number of carbonyl (C=O) groups excluding carboxylic acids is 2. The van der Waals surface area contributed by atoms with Gasteiger partial charge in [-0.1, -0.05) is 24.6 Å². The van der Waals surface area contributed by atoms with Crippen molar-refractivity contribution < 1.29 is 18.7 Å². The molecule has 1 atom stereocenters. The highest BCUT2D eigenvalue weighted by molar-refractivity contribution is 7.99. The second kappa shape index (κ2) is 9.07. The Kier molecular flexibility index (Phi) is 6.54. The van der Waals surface area contributed by atoms with Crippen LogP contribution in [0.5, 0.6) is 0 Å². The first kappa shape index (κ1) is 19.5. The highest BCUT2D eigenvalue weighted by atomic mass is 32.2. The summed E-state index contributed by atoms with van der Waals surface area (Å²) >= 11 is 1.23. The molecular weight excluding hydrogens is 368 g/mol. The largest absolute Gasteiger partial charge is 0.461 e. The second-order valence-electron chi connectivity index (χ2n) is 6.44. The average molecular weight is 392 g/mol. The molecule has 0 radical (unpaired) electrons. The van der Waals surface area contributed by atoms with E-state index in [1.54, 1.807) is 19.3 Å². The first-order valence-electron chi connectivity index (χ1n) is 9.18. The predicted molar refractivity (Wildman–Crippen MR) is 100 cm³/mol. The third-order valence-corrected chi connectivity index (χ3v) is 5.41. The second-order valence-corrected chi connectivity index (χ2v) is 7.38. The van der Waals surface area contributed by atoms with Gasteiger partial charge in [0.1, 0.15) is 0 Å². The van der Waals surface area contributed by atoms with E-state index in [0.29, 0.717) is 23.3 Å². The molecule has 1 amide bonds. The summed E-state index contributed by atoms with van der Waals surface area (Å²) in [5.74, 6) is 0.590. The van der Waals surface area contributed by atoms with Crippen molar-refractivity contribution in [2.24, 2.45) is 0 Å². The van der Waals surface area contributed by atoms with Crippen LogP contribution in [0.3, 0.4) is 0 Å². The summed E-state index contributed by atoms with van der Waals surface area (Å²) in [7, 11) is 0. The van der Waals surface area contributed by atoms with Crippen molar-refractivity contribution in [1.82, 2.24) is 20.1 Å². The van der Waals surface area contributed by atoms with E-state index in [0.717, 1.165) is 25.7 Å². The lowest BCUT2D eigenvalue weighted by molar-refractivity contribution is -0.152. The number of ether oxygens (including phenoxy) is 1. The van der Waals surface area contributed by atoms with Gasteiger partial charge < -0.3 is 14.5 Å². The molecule has 3 rings (SSSR count). The van der Waals surface area contributed by atoms with Gasteiger partial charge in [0.25, 0.3) is 5.91 Å². The van der Waals surface area contributed by atoms with Crippen LogP contribution >= 0.6 is 11.8 Å². The van der Waals surface area contributed by atoms with Gasteiger partial charge in [-0.2, -0.15) is 0 Å². The molecule has 1 saturated carbocycles. The lowest BCUT2D eigenvalue weighted by Crippen LogP contribution is -2.41. The van der Waals surface area contributed by atoms with Crippen LogP contribution in [0.4, 0.5) is 0 Å². The first-order valence-corrected chi connectivity index (χ1v) is 10.2. The maximum atomic E-state index is 12.1. The van der Waals surface area contributed by atoms with Gasteiger partial charge in [0.05, 0.1) is 12.0 Å². The first-order chi connectivity index (χ1) is 13.1. The summed E-state index contributed by atoms with van der Waals surface area (Å²) in [5, 5.41) is 11.8. The zero-order valence-electron chi connectivity index (χ0n) is 15.5. The summed E-state index contributed by atoms with van der Waals surface area (Å²) in [6, 6.07) is 3.80. The fourth-order valence-electron chi connectivity index (χ4n) is 3.07. The predicted octanol–water partition coefficient (Wildman–Crippen LogP) is 2.64. The Morgan fingerprint density at radius 2 is 2.19 bits per heavy atom. The lowest BCUT2D eigenvalue weighted by atomic mass is 10.2. The van der Waals surface area contributed by atoms with Gasteiger partial charge >= 0.3 is 5.97 Å². The lowest BCUT2D eigenvalue weighted by Gasteiger charge is -2.17.